The Hall–Kier alpha value is -0.770. The minimum Gasteiger partial charge on any atom is -0.489 e. The van der Waals surface area contributed by atoms with Crippen LogP contribution in [0.2, 0.25) is 5.02 Å². The minimum absolute atomic E-state index is 0.183. The Balaban J connectivity index is 1.96. The van der Waals surface area contributed by atoms with Crippen molar-refractivity contribution in [1.29, 1.82) is 0 Å². The first kappa shape index (κ1) is 12.7. The van der Waals surface area contributed by atoms with Crippen molar-refractivity contribution in [3.8, 4) is 5.75 Å². The van der Waals surface area contributed by atoms with E-state index in [9.17, 15) is 5.11 Å². The third-order valence-electron chi connectivity index (χ3n) is 2.89. The van der Waals surface area contributed by atoms with Crippen LogP contribution in [0.4, 0.5) is 0 Å². The van der Waals surface area contributed by atoms with Gasteiger partial charge in [0.25, 0.3) is 0 Å². The van der Waals surface area contributed by atoms with E-state index >= 15 is 0 Å². The molecule has 0 bridgehead atoms. The number of aliphatic hydroxyl groups is 1. The normalized spacial score (nSPS) is 21.5. The Morgan fingerprint density at radius 3 is 3.00 bits per heavy atom. The summed E-state index contributed by atoms with van der Waals surface area (Å²) < 4.78 is 11.1. The van der Waals surface area contributed by atoms with Crippen LogP contribution in [0.3, 0.4) is 0 Å². The highest BCUT2D eigenvalue weighted by Gasteiger charge is 2.16. The quantitative estimate of drug-likeness (QED) is 0.900. The molecule has 17 heavy (non-hydrogen) atoms. The zero-order valence-corrected chi connectivity index (χ0v) is 10.6. The molecule has 1 saturated heterocycles. The van der Waals surface area contributed by atoms with Gasteiger partial charge in [0.15, 0.2) is 0 Å². The van der Waals surface area contributed by atoms with Crippen molar-refractivity contribution in [1.82, 2.24) is 0 Å². The van der Waals surface area contributed by atoms with Gasteiger partial charge in [-0.3, -0.25) is 0 Å². The molecule has 2 unspecified atom stereocenters. The highest BCUT2D eigenvalue weighted by Crippen LogP contribution is 2.28. The Morgan fingerprint density at radius 1 is 1.59 bits per heavy atom. The van der Waals surface area contributed by atoms with Crippen molar-refractivity contribution in [2.75, 3.05) is 13.2 Å². The Labute approximate surface area is 106 Å². The SMILES string of the molecule is CC(O)c1ccc(OCC2CCCO2)c(Cl)c1. The maximum atomic E-state index is 9.42. The summed E-state index contributed by atoms with van der Waals surface area (Å²) in [5.41, 5.74) is 0.791. The first-order chi connectivity index (χ1) is 8.16. The van der Waals surface area contributed by atoms with Crippen molar-refractivity contribution in [2.45, 2.75) is 32.0 Å². The van der Waals surface area contributed by atoms with E-state index in [0.29, 0.717) is 17.4 Å². The van der Waals surface area contributed by atoms with E-state index in [1.165, 1.54) is 0 Å². The molecule has 1 aromatic rings. The van der Waals surface area contributed by atoms with Crippen molar-refractivity contribution in [3.63, 3.8) is 0 Å². The number of rotatable bonds is 4. The molecule has 1 heterocycles. The topological polar surface area (TPSA) is 38.7 Å². The van der Waals surface area contributed by atoms with Gasteiger partial charge in [-0.25, -0.2) is 0 Å². The predicted octanol–water partition coefficient (Wildman–Crippen LogP) is 2.95. The lowest BCUT2D eigenvalue weighted by Gasteiger charge is -2.13. The van der Waals surface area contributed by atoms with Gasteiger partial charge in [-0.15, -0.1) is 0 Å². The summed E-state index contributed by atoms with van der Waals surface area (Å²) in [6, 6.07) is 5.35. The van der Waals surface area contributed by atoms with Gasteiger partial charge in [-0.2, -0.15) is 0 Å². The molecule has 4 heteroatoms. The molecule has 1 N–H and O–H groups in total. The lowest BCUT2D eigenvalue weighted by molar-refractivity contribution is 0.0679. The Morgan fingerprint density at radius 2 is 2.41 bits per heavy atom. The molecule has 1 aliphatic rings. The van der Waals surface area contributed by atoms with Crippen LogP contribution in [-0.2, 0) is 4.74 Å². The van der Waals surface area contributed by atoms with Crippen molar-refractivity contribution in [2.24, 2.45) is 0 Å². The van der Waals surface area contributed by atoms with E-state index in [0.717, 1.165) is 25.0 Å². The molecule has 0 amide bonds. The average Bonchev–Trinajstić information content (AvgIpc) is 2.80. The third kappa shape index (κ3) is 3.35. The van der Waals surface area contributed by atoms with Crippen LogP contribution in [0.25, 0.3) is 0 Å². The molecular formula is C13H17ClO3. The summed E-state index contributed by atoms with van der Waals surface area (Å²) in [6.07, 6.45) is 1.81. The molecule has 1 aliphatic heterocycles. The van der Waals surface area contributed by atoms with Crippen molar-refractivity contribution >= 4 is 11.6 Å². The van der Waals surface area contributed by atoms with Crippen molar-refractivity contribution < 1.29 is 14.6 Å². The number of halogens is 1. The average molecular weight is 257 g/mol. The van der Waals surface area contributed by atoms with Gasteiger partial charge < -0.3 is 14.6 Å². The van der Waals surface area contributed by atoms with Crippen LogP contribution in [0.5, 0.6) is 5.75 Å². The van der Waals surface area contributed by atoms with Crippen molar-refractivity contribution in [3.05, 3.63) is 28.8 Å². The fourth-order valence-corrected chi connectivity index (χ4v) is 2.10. The highest BCUT2D eigenvalue weighted by atomic mass is 35.5. The molecule has 1 aromatic carbocycles. The summed E-state index contributed by atoms with van der Waals surface area (Å²) in [4.78, 5) is 0. The largest absolute Gasteiger partial charge is 0.489 e. The summed E-state index contributed by atoms with van der Waals surface area (Å²) in [5.74, 6) is 0.645. The van der Waals surface area contributed by atoms with E-state index in [2.05, 4.69) is 0 Å². The van der Waals surface area contributed by atoms with Crippen LogP contribution in [0, 0.1) is 0 Å². The monoisotopic (exact) mass is 256 g/mol. The molecule has 0 spiro atoms. The fourth-order valence-electron chi connectivity index (χ4n) is 1.85. The standard InChI is InChI=1S/C13H17ClO3/c1-9(15)10-4-5-13(12(14)7-10)17-8-11-3-2-6-16-11/h4-5,7,9,11,15H,2-3,6,8H2,1H3. The van der Waals surface area contributed by atoms with Gasteiger partial charge >= 0.3 is 0 Å². The van der Waals surface area contributed by atoms with E-state index in [1.807, 2.05) is 6.07 Å². The molecule has 3 nitrogen and oxygen atoms in total. The minimum atomic E-state index is -0.514. The van der Waals surface area contributed by atoms with Gasteiger partial charge in [0.05, 0.1) is 17.2 Å². The summed E-state index contributed by atoms with van der Waals surface area (Å²) in [5, 5.41) is 9.95. The number of benzene rings is 1. The van der Waals surface area contributed by atoms with Gasteiger partial charge in [0.2, 0.25) is 0 Å². The molecule has 1 fully saturated rings. The molecule has 2 atom stereocenters. The lowest BCUT2D eigenvalue weighted by atomic mass is 10.1. The number of hydrogen-bond donors (Lipinski definition) is 1. The molecule has 0 aliphatic carbocycles. The fraction of sp³-hybridized carbons (Fsp3) is 0.538. The summed E-state index contributed by atoms with van der Waals surface area (Å²) in [6.45, 7) is 3.06. The lowest BCUT2D eigenvalue weighted by Crippen LogP contribution is -2.16. The second-order valence-electron chi connectivity index (χ2n) is 4.31. The molecule has 0 aromatic heterocycles. The highest BCUT2D eigenvalue weighted by molar-refractivity contribution is 6.32. The second-order valence-corrected chi connectivity index (χ2v) is 4.72. The van der Waals surface area contributed by atoms with Crippen LogP contribution in [0.1, 0.15) is 31.4 Å². The molecule has 0 radical (unpaired) electrons. The molecule has 94 valence electrons. The summed E-state index contributed by atoms with van der Waals surface area (Å²) >= 11 is 6.08. The summed E-state index contributed by atoms with van der Waals surface area (Å²) in [7, 11) is 0. The van der Waals surface area contributed by atoms with E-state index in [-0.39, 0.29) is 6.10 Å². The maximum absolute atomic E-state index is 9.42. The van der Waals surface area contributed by atoms with Crippen LogP contribution >= 0.6 is 11.6 Å². The molecular weight excluding hydrogens is 240 g/mol. The molecule has 0 saturated carbocycles. The maximum Gasteiger partial charge on any atom is 0.138 e. The third-order valence-corrected chi connectivity index (χ3v) is 3.18. The van der Waals surface area contributed by atoms with Gasteiger partial charge in [-0.05, 0) is 37.5 Å². The predicted molar refractivity (Wildman–Crippen MR) is 66.6 cm³/mol. The van der Waals surface area contributed by atoms with Gasteiger partial charge in [0.1, 0.15) is 12.4 Å². The Kier molecular flexibility index (Phi) is 4.26. The Bertz CT molecular complexity index is 373. The van der Waals surface area contributed by atoms with E-state index in [1.54, 1.807) is 19.1 Å². The first-order valence-electron chi connectivity index (χ1n) is 5.88. The number of hydrogen-bond acceptors (Lipinski definition) is 3. The zero-order valence-electron chi connectivity index (χ0n) is 9.86. The first-order valence-corrected chi connectivity index (χ1v) is 6.26. The second kappa shape index (κ2) is 5.71. The number of ether oxygens (including phenoxy) is 2. The van der Waals surface area contributed by atoms with Gasteiger partial charge in [-0.1, -0.05) is 17.7 Å². The van der Waals surface area contributed by atoms with Crippen LogP contribution in [-0.4, -0.2) is 24.4 Å². The smallest absolute Gasteiger partial charge is 0.138 e. The molecule has 2 rings (SSSR count). The van der Waals surface area contributed by atoms with Crippen LogP contribution in [0.15, 0.2) is 18.2 Å². The van der Waals surface area contributed by atoms with Gasteiger partial charge in [0, 0.05) is 6.61 Å². The zero-order chi connectivity index (χ0) is 12.3. The van der Waals surface area contributed by atoms with E-state index in [4.69, 9.17) is 21.1 Å². The van der Waals surface area contributed by atoms with Crippen LogP contribution < -0.4 is 4.74 Å². The number of aliphatic hydroxyl groups excluding tert-OH is 1. The van der Waals surface area contributed by atoms with E-state index < -0.39 is 6.10 Å².